The van der Waals surface area contributed by atoms with Gasteiger partial charge in [-0.2, -0.15) is 0 Å². The summed E-state index contributed by atoms with van der Waals surface area (Å²) in [6, 6.07) is 15.3. The first-order chi connectivity index (χ1) is 12.6. The van der Waals surface area contributed by atoms with Crippen LogP contribution in [-0.2, 0) is 0 Å². The topological polar surface area (TPSA) is 80.6 Å². The lowest BCUT2D eigenvalue weighted by Gasteiger charge is -2.09. The Hall–Kier alpha value is -3.54. The minimum atomic E-state index is -0.335. The van der Waals surface area contributed by atoms with Gasteiger partial charge in [0.2, 0.25) is 0 Å². The van der Waals surface area contributed by atoms with Gasteiger partial charge in [0, 0.05) is 16.9 Å². The molecule has 6 nitrogen and oxygen atoms in total. The Bertz CT molecular complexity index is 915. The van der Waals surface area contributed by atoms with E-state index in [-0.39, 0.29) is 17.6 Å². The van der Waals surface area contributed by atoms with Gasteiger partial charge in [0.15, 0.2) is 5.76 Å². The van der Waals surface area contributed by atoms with Crippen LogP contribution in [0, 0.1) is 6.92 Å². The summed E-state index contributed by atoms with van der Waals surface area (Å²) in [5.74, 6) is 0.318. The highest BCUT2D eigenvalue weighted by atomic mass is 16.5. The van der Waals surface area contributed by atoms with Crippen molar-refractivity contribution in [3.05, 3.63) is 77.7 Å². The number of nitrogens with one attached hydrogen (secondary N) is 2. The van der Waals surface area contributed by atoms with Crippen molar-refractivity contribution in [2.24, 2.45) is 0 Å². The van der Waals surface area contributed by atoms with Crippen molar-refractivity contribution in [3.8, 4) is 5.75 Å². The monoisotopic (exact) mass is 350 g/mol. The van der Waals surface area contributed by atoms with Crippen LogP contribution in [0.2, 0.25) is 0 Å². The van der Waals surface area contributed by atoms with Gasteiger partial charge in [-0.15, -0.1) is 0 Å². The van der Waals surface area contributed by atoms with E-state index in [1.54, 1.807) is 55.6 Å². The highest BCUT2D eigenvalue weighted by Crippen LogP contribution is 2.20. The maximum Gasteiger partial charge on any atom is 0.291 e. The number of ether oxygens (including phenoxy) is 1. The summed E-state index contributed by atoms with van der Waals surface area (Å²) in [7, 11) is 1.57. The van der Waals surface area contributed by atoms with Crippen molar-refractivity contribution < 1.29 is 18.7 Å². The summed E-state index contributed by atoms with van der Waals surface area (Å²) in [6.07, 6.45) is 1.44. The highest BCUT2D eigenvalue weighted by molar-refractivity contribution is 6.05. The Morgan fingerprint density at radius 1 is 0.923 bits per heavy atom. The number of aryl methyl sites for hydroxylation is 1. The van der Waals surface area contributed by atoms with Crippen molar-refractivity contribution in [3.63, 3.8) is 0 Å². The number of rotatable bonds is 5. The molecule has 0 saturated carbocycles. The molecule has 26 heavy (non-hydrogen) atoms. The van der Waals surface area contributed by atoms with Crippen LogP contribution in [-0.4, -0.2) is 18.9 Å². The van der Waals surface area contributed by atoms with Gasteiger partial charge in [-0.25, -0.2) is 0 Å². The maximum atomic E-state index is 12.4. The number of amides is 2. The average molecular weight is 350 g/mol. The summed E-state index contributed by atoms with van der Waals surface area (Å²) >= 11 is 0. The van der Waals surface area contributed by atoms with Gasteiger partial charge >= 0.3 is 0 Å². The van der Waals surface area contributed by atoms with Crippen molar-refractivity contribution in [1.82, 2.24) is 0 Å². The molecule has 0 aliphatic carbocycles. The third kappa shape index (κ3) is 3.92. The van der Waals surface area contributed by atoms with Crippen LogP contribution >= 0.6 is 0 Å². The van der Waals surface area contributed by atoms with Crippen LogP contribution in [0.4, 0.5) is 11.4 Å². The summed E-state index contributed by atoms with van der Waals surface area (Å²) in [5.41, 5.74) is 2.68. The molecular weight excluding hydrogens is 332 g/mol. The highest BCUT2D eigenvalue weighted by Gasteiger charge is 2.10. The molecule has 132 valence electrons. The van der Waals surface area contributed by atoms with E-state index in [2.05, 4.69) is 10.6 Å². The smallest absolute Gasteiger partial charge is 0.291 e. The summed E-state index contributed by atoms with van der Waals surface area (Å²) in [5, 5.41) is 5.53. The molecule has 6 heteroatoms. The fourth-order valence-electron chi connectivity index (χ4n) is 2.40. The average Bonchev–Trinajstić information content (AvgIpc) is 3.18. The van der Waals surface area contributed by atoms with Gasteiger partial charge in [0.25, 0.3) is 11.8 Å². The Morgan fingerprint density at radius 2 is 1.58 bits per heavy atom. The number of benzene rings is 2. The predicted octanol–water partition coefficient (Wildman–Crippen LogP) is 4.10. The summed E-state index contributed by atoms with van der Waals surface area (Å²) in [6.45, 7) is 1.91. The zero-order valence-corrected chi connectivity index (χ0v) is 14.4. The van der Waals surface area contributed by atoms with E-state index in [0.717, 1.165) is 5.56 Å². The number of anilines is 2. The van der Waals surface area contributed by atoms with Gasteiger partial charge in [-0.05, 0) is 61.0 Å². The van der Waals surface area contributed by atoms with Crippen LogP contribution in [0.5, 0.6) is 5.75 Å². The number of methoxy groups -OCH3 is 1. The van der Waals surface area contributed by atoms with Gasteiger partial charge in [-0.1, -0.05) is 6.07 Å². The Kier molecular flexibility index (Phi) is 5.03. The predicted molar refractivity (Wildman–Crippen MR) is 98.8 cm³/mol. The SMILES string of the molecule is COc1cc(C(=O)Nc2ccc(NC(=O)c3ccco3)cc2)ccc1C. The molecule has 3 rings (SSSR count). The second-order valence-electron chi connectivity index (χ2n) is 5.65. The number of carbonyl (C=O) groups excluding carboxylic acids is 2. The van der Waals surface area contributed by atoms with Gasteiger partial charge in [0.05, 0.1) is 13.4 Å². The van der Waals surface area contributed by atoms with Crippen molar-refractivity contribution in [1.29, 1.82) is 0 Å². The normalized spacial score (nSPS) is 10.2. The molecule has 0 spiro atoms. The first kappa shape index (κ1) is 17.3. The van der Waals surface area contributed by atoms with Crippen LogP contribution in [0.3, 0.4) is 0 Å². The maximum absolute atomic E-state index is 12.4. The third-order valence-corrected chi connectivity index (χ3v) is 3.82. The van der Waals surface area contributed by atoms with Crippen molar-refractivity contribution in [2.45, 2.75) is 6.92 Å². The first-order valence-electron chi connectivity index (χ1n) is 7.98. The zero-order chi connectivity index (χ0) is 18.5. The van der Waals surface area contributed by atoms with Crippen LogP contribution in [0.1, 0.15) is 26.5 Å². The molecule has 2 N–H and O–H groups in total. The standard InChI is InChI=1S/C20H18N2O4/c1-13-5-6-14(12-18(13)25-2)19(23)21-15-7-9-16(10-8-15)22-20(24)17-4-3-11-26-17/h3-12H,1-2H3,(H,21,23)(H,22,24). The summed E-state index contributed by atoms with van der Waals surface area (Å²) in [4.78, 5) is 24.3. The molecule has 0 fully saturated rings. The van der Waals surface area contributed by atoms with Crippen molar-refractivity contribution >= 4 is 23.2 Å². The van der Waals surface area contributed by atoms with E-state index in [1.165, 1.54) is 6.26 Å². The molecule has 0 aliphatic heterocycles. The summed E-state index contributed by atoms with van der Waals surface area (Å²) < 4.78 is 10.3. The molecular formula is C20H18N2O4. The molecule has 0 unspecified atom stereocenters. The largest absolute Gasteiger partial charge is 0.496 e. The lowest BCUT2D eigenvalue weighted by molar-refractivity contribution is 0.0994. The molecule has 2 aromatic carbocycles. The lowest BCUT2D eigenvalue weighted by Crippen LogP contribution is -2.13. The molecule has 1 heterocycles. The Balaban J connectivity index is 1.65. The number of furan rings is 1. The van der Waals surface area contributed by atoms with Crippen LogP contribution in [0.15, 0.2) is 65.3 Å². The van der Waals surface area contributed by atoms with E-state index in [0.29, 0.717) is 22.7 Å². The van der Waals surface area contributed by atoms with Crippen LogP contribution < -0.4 is 15.4 Å². The quantitative estimate of drug-likeness (QED) is 0.726. The van der Waals surface area contributed by atoms with Crippen molar-refractivity contribution in [2.75, 3.05) is 17.7 Å². The van der Waals surface area contributed by atoms with E-state index >= 15 is 0 Å². The van der Waals surface area contributed by atoms with Gasteiger partial charge in [-0.3, -0.25) is 9.59 Å². The van der Waals surface area contributed by atoms with E-state index in [1.807, 2.05) is 13.0 Å². The zero-order valence-electron chi connectivity index (χ0n) is 14.4. The molecule has 2 amide bonds. The molecule has 3 aromatic rings. The van der Waals surface area contributed by atoms with E-state index < -0.39 is 0 Å². The van der Waals surface area contributed by atoms with Crippen LogP contribution in [0.25, 0.3) is 0 Å². The molecule has 0 radical (unpaired) electrons. The molecule has 0 bridgehead atoms. The van der Waals surface area contributed by atoms with E-state index in [9.17, 15) is 9.59 Å². The first-order valence-corrected chi connectivity index (χ1v) is 7.98. The Morgan fingerprint density at radius 3 is 2.15 bits per heavy atom. The van der Waals surface area contributed by atoms with Gasteiger partial charge < -0.3 is 19.8 Å². The second-order valence-corrected chi connectivity index (χ2v) is 5.65. The molecule has 0 aliphatic rings. The molecule has 1 aromatic heterocycles. The number of hydrogen-bond acceptors (Lipinski definition) is 4. The van der Waals surface area contributed by atoms with E-state index in [4.69, 9.17) is 9.15 Å². The third-order valence-electron chi connectivity index (χ3n) is 3.82. The minimum absolute atomic E-state index is 0.232. The molecule has 0 atom stereocenters. The Labute approximate surface area is 150 Å². The lowest BCUT2D eigenvalue weighted by atomic mass is 10.1. The van der Waals surface area contributed by atoms with Gasteiger partial charge in [0.1, 0.15) is 5.75 Å². The number of hydrogen-bond donors (Lipinski definition) is 2. The fourth-order valence-corrected chi connectivity index (χ4v) is 2.40. The minimum Gasteiger partial charge on any atom is -0.496 e. The number of carbonyl (C=O) groups is 2. The second kappa shape index (κ2) is 7.57. The fraction of sp³-hybridized carbons (Fsp3) is 0.100. The molecule has 0 saturated heterocycles.